The molecule has 0 fully saturated rings. The average Bonchev–Trinajstić information content (AvgIpc) is 3.18. The summed E-state index contributed by atoms with van der Waals surface area (Å²) >= 11 is 1.61. The van der Waals surface area contributed by atoms with Gasteiger partial charge in [0.2, 0.25) is 0 Å². The van der Waals surface area contributed by atoms with Gasteiger partial charge in [-0.2, -0.15) is 0 Å². The number of para-hydroxylation sites is 2. The summed E-state index contributed by atoms with van der Waals surface area (Å²) in [5.41, 5.74) is 1.90. The maximum Gasteiger partial charge on any atom is 0.185 e. The van der Waals surface area contributed by atoms with E-state index in [1.807, 2.05) is 63.2 Å². The Morgan fingerprint density at radius 3 is 1.93 bits per heavy atom. The molecule has 0 atom stereocenters. The highest BCUT2D eigenvalue weighted by Crippen LogP contribution is 2.41. The molecule has 0 aliphatic heterocycles. The molecular formula is C25H23NO2S. The van der Waals surface area contributed by atoms with Gasteiger partial charge in [0.1, 0.15) is 16.5 Å². The number of nitrogens with zero attached hydrogens (tertiary/aromatic N) is 1. The van der Waals surface area contributed by atoms with Gasteiger partial charge < -0.3 is 9.32 Å². The summed E-state index contributed by atoms with van der Waals surface area (Å²) in [6.07, 6.45) is 0. The lowest BCUT2D eigenvalue weighted by molar-refractivity contribution is 0.404. The molecule has 0 saturated heterocycles. The lowest BCUT2D eigenvalue weighted by Gasteiger charge is -2.23. The third kappa shape index (κ3) is 4.17. The number of hydrogen-bond donors (Lipinski definition) is 0. The standard InChI is InChI=1S/C25H23NO2S/c1-25(2,3)23-17-20(27)16-21(28-23)22-14-15-24(29-22)26(18-10-6-4-7-11-18)19-12-8-5-9-13-19/h4-17H,1-3H3. The first-order valence-electron chi connectivity index (χ1n) is 9.58. The van der Waals surface area contributed by atoms with Crippen LogP contribution in [0.2, 0.25) is 0 Å². The van der Waals surface area contributed by atoms with Gasteiger partial charge in [-0.05, 0) is 36.4 Å². The van der Waals surface area contributed by atoms with Crippen LogP contribution in [-0.2, 0) is 5.41 Å². The average molecular weight is 402 g/mol. The Kier molecular flexibility index (Phi) is 5.12. The van der Waals surface area contributed by atoms with Crippen LogP contribution in [0, 0.1) is 0 Å². The van der Waals surface area contributed by atoms with Crippen LogP contribution >= 0.6 is 11.3 Å². The Morgan fingerprint density at radius 1 is 0.793 bits per heavy atom. The van der Waals surface area contributed by atoms with E-state index in [-0.39, 0.29) is 10.8 Å². The topological polar surface area (TPSA) is 33.5 Å². The van der Waals surface area contributed by atoms with E-state index in [1.165, 1.54) is 0 Å². The molecule has 0 bridgehead atoms. The fourth-order valence-corrected chi connectivity index (χ4v) is 4.11. The summed E-state index contributed by atoms with van der Waals surface area (Å²) in [5, 5.41) is 1.06. The van der Waals surface area contributed by atoms with E-state index in [2.05, 4.69) is 35.2 Å². The van der Waals surface area contributed by atoms with E-state index in [9.17, 15) is 4.79 Å². The van der Waals surface area contributed by atoms with Gasteiger partial charge in [0.25, 0.3) is 0 Å². The van der Waals surface area contributed by atoms with Crippen LogP contribution in [0.1, 0.15) is 26.5 Å². The van der Waals surface area contributed by atoms with E-state index in [4.69, 9.17) is 4.42 Å². The molecule has 2 aromatic heterocycles. The molecule has 4 heteroatoms. The van der Waals surface area contributed by atoms with Gasteiger partial charge in [-0.3, -0.25) is 4.79 Å². The Morgan fingerprint density at radius 2 is 1.38 bits per heavy atom. The lowest BCUT2D eigenvalue weighted by atomic mass is 9.93. The van der Waals surface area contributed by atoms with Crippen LogP contribution in [0.15, 0.2) is 94.1 Å². The largest absolute Gasteiger partial charge is 0.459 e. The van der Waals surface area contributed by atoms with Gasteiger partial charge in [0, 0.05) is 28.9 Å². The molecule has 0 radical (unpaired) electrons. The quantitative estimate of drug-likeness (QED) is 0.364. The summed E-state index contributed by atoms with van der Waals surface area (Å²) in [6.45, 7) is 6.13. The zero-order valence-electron chi connectivity index (χ0n) is 16.8. The number of thiophene rings is 1. The summed E-state index contributed by atoms with van der Waals surface area (Å²) in [6, 6.07) is 27.8. The van der Waals surface area contributed by atoms with Gasteiger partial charge in [-0.25, -0.2) is 0 Å². The van der Waals surface area contributed by atoms with Crippen molar-refractivity contribution in [2.24, 2.45) is 0 Å². The van der Waals surface area contributed by atoms with Crippen LogP contribution in [0.5, 0.6) is 0 Å². The summed E-state index contributed by atoms with van der Waals surface area (Å²) in [4.78, 5) is 15.4. The van der Waals surface area contributed by atoms with E-state index in [0.29, 0.717) is 11.5 Å². The fraction of sp³-hybridized carbons (Fsp3) is 0.160. The Labute approximate surface area is 174 Å². The van der Waals surface area contributed by atoms with Crippen molar-refractivity contribution in [2.45, 2.75) is 26.2 Å². The second-order valence-electron chi connectivity index (χ2n) is 7.92. The molecule has 0 saturated carbocycles. The van der Waals surface area contributed by atoms with Crippen molar-refractivity contribution in [3.63, 3.8) is 0 Å². The first-order valence-corrected chi connectivity index (χ1v) is 10.4. The molecule has 0 unspecified atom stereocenters. The van der Waals surface area contributed by atoms with E-state index in [1.54, 1.807) is 23.5 Å². The first-order chi connectivity index (χ1) is 13.9. The van der Waals surface area contributed by atoms with E-state index < -0.39 is 0 Å². The van der Waals surface area contributed by atoms with Crippen molar-refractivity contribution in [3.8, 4) is 10.6 Å². The molecule has 0 amide bonds. The second kappa shape index (κ2) is 7.72. The minimum Gasteiger partial charge on any atom is -0.459 e. The number of benzene rings is 2. The van der Waals surface area contributed by atoms with Crippen LogP contribution in [0.4, 0.5) is 16.4 Å². The van der Waals surface area contributed by atoms with Crippen molar-refractivity contribution in [3.05, 3.63) is 101 Å². The predicted octanol–water partition coefficient (Wildman–Crippen LogP) is 7.14. The van der Waals surface area contributed by atoms with Crippen molar-refractivity contribution in [2.75, 3.05) is 4.90 Å². The first kappa shape index (κ1) is 19.2. The van der Waals surface area contributed by atoms with Gasteiger partial charge >= 0.3 is 0 Å². The van der Waals surface area contributed by atoms with Gasteiger partial charge in [0.15, 0.2) is 5.43 Å². The van der Waals surface area contributed by atoms with Crippen LogP contribution in [0.25, 0.3) is 10.6 Å². The SMILES string of the molecule is CC(C)(C)c1cc(=O)cc(-c2ccc(N(c3ccccc3)c3ccccc3)s2)o1. The zero-order valence-corrected chi connectivity index (χ0v) is 17.6. The molecule has 0 aliphatic carbocycles. The smallest absolute Gasteiger partial charge is 0.185 e. The maximum atomic E-state index is 12.2. The third-order valence-corrected chi connectivity index (χ3v) is 5.67. The molecule has 2 heterocycles. The molecule has 2 aromatic carbocycles. The van der Waals surface area contributed by atoms with Crippen molar-refractivity contribution >= 4 is 27.7 Å². The van der Waals surface area contributed by atoms with E-state index >= 15 is 0 Å². The van der Waals surface area contributed by atoms with Crippen LogP contribution in [-0.4, -0.2) is 0 Å². The molecular weight excluding hydrogens is 378 g/mol. The minimum absolute atomic E-state index is 0.0332. The Balaban J connectivity index is 1.79. The molecule has 146 valence electrons. The Hall–Kier alpha value is -3.11. The third-order valence-electron chi connectivity index (χ3n) is 4.59. The lowest BCUT2D eigenvalue weighted by Crippen LogP contribution is -2.14. The summed E-state index contributed by atoms with van der Waals surface area (Å²) in [5.74, 6) is 1.30. The summed E-state index contributed by atoms with van der Waals surface area (Å²) < 4.78 is 6.11. The minimum atomic E-state index is -0.227. The fourth-order valence-electron chi connectivity index (χ4n) is 3.11. The maximum absolute atomic E-state index is 12.2. The van der Waals surface area contributed by atoms with Crippen LogP contribution in [0.3, 0.4) is 0 Å². The zero-order chi connectivity index (χ0) is 20.4. The van der Waals surface area contributed by atoms with Crippen molar-refractivity contribution in [1.82, 2.24) is 0 Å². The molecule has 4 aromatic rings. The molecule has 4 rings (SSSR count). The van der Waals surface area contributed by atoms with E-state index in [0.717, 1.165) is 21.3 Å². The van der Waals surface area contributed by atoms with Crippen molar-refractivity contribution in [1.29, 1.82) is 0 Å². The summed E-state index contributed by atoms with van der Waals surface area (Å²) in [7, 11) is 0. The highest BCUT2D eigenvalue weighted by molar-refractivity contribution is 7.19. The molecule has 0 N–H and O–H groups in total. The second-order valence-corrected chi connectivity index (χ2v) is 8.98. The van der Waals surface area contributed by atoms with Crippen molar-refractivity contribution < 1.29 is 4.42 Å². The van der Waals surface area contributed by atoms with Crippen LogP contribution < -0.4 is 10.3 Å². The van der Waals surface area contributed by atoms with Gasteiger partial charge in [-0.1, -0.05) is 57.2 Å². The molecule has 29 heavy (non-hydrogen) atoms. The number of rotatable bonds is 4. The van der Waals surface area contributed by atoms with Gasteiger partial charge in [-0.15, -0.1) is 11.3 Å². The monoisotopic (exact) mass is 401 g/mol. The molecule has 3 nitrogen and oxygen atoms in total. The predicted molar refractivity (Wildman–Crippen MR) is 122 cm³/mol. The Bertz CT molecular complexity index is 1120. The normalized spacial score (nSPS) is 11.4. The molecule has 0 aliphatic rings. The molecule has 0 spiro atoms. The highest BCUT2D eigenvalue weighted by Gasteiger charge is 2.20. The number of hydrogen-bond acceptors (Lipinski definition) is 4. The van der Waals surface area contributed by atoms with Gasteiger partial charge in [0.05, 0.1) is 4.88 Å². The highest BCUT2D eigenvalue weighted by atomic mass is 32.1. The number of anilines is 3.